The van der Waals surface area contributed by atoms with E-state index in [1.807, 2.05) is 0 Å². The average molecular weight is 338 g/mol. The highest BCUT2D eigenvalue weighted by Crippen LogP contribution is 2.23. The van der Waals surface area contributed by atoms with Crippen LogP contribution >= 0.6 is 0 Å². The van der Waals surface area contributed by atoms with Crippen LogP contribution < -0.4 is 4.90 Å². The van der Waals surface area contributed by atoms with Crippen molar-refractivity contribution in [2.75, 3.05) is 37.8 Å². The van der Waals surface area contributed by atoms with Crippen molar-refractivity contribution in [3.63, 3.8) is 0 Å². The van der Waals surface area contributed by atoms with Crippen LogP contribution in [-0.2, 0) is 13.6 Å². The highest BCUT2D eigenvalue weighted by atomic mass is 28.4. The zero-order valence-corrected chi connectivity index (χ0v) is 15.8. The van der Waals surface area contributed by atoms with E-state index in [4.69, 9.17) is 13.6 Å². The van der Waals surface area contributed by atoms with Gasteiger partial charge in [-0.15, -0.1) is 0 Å². The van der Waals surface area contributed by atoms with E-state index in [9.17, 15) is 0 Å². The highest BCUT2D eigenvalue weighted by molar-refractivity contribution is 6.66. The van der Waals surface area contributed by atoms with Crippen molar-refractivity contribution in [3.05, 3.63) is 30.3 Å². The molecule has 0 saturated carbocycles. The average Bonchev–Trinajstić information content (AvgIpc) is 2.53. The number of anilines is 1. The first kappa shape index (κ1) is 18.5. The van der Waals surface area contributed by atoms with Crippen molar-refractivity contribution < 1.29 is 13.6 Å². The molecule has 4 nitrogen and oxygen atoms in total. The number of nitrogens with zero attached hydrogens (tertiary/aromatic N) is 1. The maximum absolute atomic E-state index is 6.47. The molecule has 23 heavy (non-hydrogen) atoms. The van der Waals surface area contributed by atoms with Crippen LogP contribution in [0.15, 0.2) is 30.3 Å². The van der Waals surface area contributed by atoms with Crippen molar-refractivity contribution in [1.29, 1.82) is 0 Å². The van der Waals surface area contributed by atoms with Crippen LogP contribution in [0.3, 0.4) is 0 Å². The van der Waals surface area contributed by atoms with Crippen molar-refractivity contribution in [3.8, 4) is 0 Å². The lowest BCUT2D eigenvalue weighted by atomic mass is 10.2. The summed E-state index contributed by atoms with van der Waals surface area (Å²) >= 11 is 0. The standard InChI is InChI=1S/C18H31NO3Si/c1-4-12-19(17-10-7-6-8-11-17)15-18-16-20-13-9-14-23(3,22-18)21-5-2/h6-8,10-11,18H,4-5,9,12-16H2,1-3H3. The SMILES string of the molecule is CCCN(CC1COCCC[Si](C)(OCC)O1)c1ccccc1. The van der Waals surface area contributed by atoms with Gasteiger partial charge in [0.05, 0.1) is 12.7 Å². The number of hydrogen-bond acceptors (Lipinski definition) is 4. The minimum Gasteiger partial charge on any atom is -0.395 e. The van der Waals surface area contributed by atoms with E-state index in [0.29, 0.717) is 6.61 Å². The maximum atomic E-state index is 6.47. The molecule has 5 heteroatoms. The molecular formula is C18H31NO3Si. The quantitative estimate of drug-likeness (QED) is 0.708. The lowest BCUT2D eigenvalue weighted by molar-refractivity contribution is 0.0176. The first-order valence-corrected chi connectivity index (χ1v) is 11.4. The molecule has 0 bridgehead atoms. The van der Waals surface area contributed by atoms with Gasteiger partial charge in [-0.3, -0.25) is 0 Å². The molecule has 1 aromatic carbocycles. The van der Waals surface area contributed by atoms with Gasteiger partial charge in [0.2, 0.25) is 0 Å². The van der Waals surface area contributed by atoms with E-state index in [1.165, 1.54) is 5.69 Å². The molecule has 1 aromatic rings. The monoisotopic (exact) mass is 337 g/mol. The number of ether oxygens (including phenoxy) is 1. The Morgan fingerprint density at radius 3 is 2.74 bits per heavy atom. The molecule has 1 aliphatic rings. The van der Waals surface area contributed by atoms with E-state index in [1.54, 1.807) is 0 Å². The predicted molar refractivity (Wildman–Crippen MR) is 97.3 cm³/mol. The summed E-state index contributed by atoms with van der Waals surface area (Å²) in [5.41, 5.74) is 1.25. The van der Waals surface area contributed by atoms with Gasteiger partial charge in [0.25, 0.3) is 0 Å². The Hall–Kier alpha value is -0.883. The third-order valence-electron chi connectivity index (χ3n) is 4.13. The van der Waals surface area contributed by atoms with Crippen LogP contribution in [0, 0.1) is 0 Å². The van der Waals surface area contributed by atoms with Crippen molar-refractivity contribution >= 4 is 14.2 Å². The fourth-order valence-corrected chi connectivity index (χ4v) is 5.71. The summed E-state index contributed by atoms with van der Waals surface area (Å²) in [4.78, 5) is 2.40. The lowest BCUT2D eigenvalue weighted by Crippen LogP contribution is -2.49. The molecule has 1 heterocycles. The van der Waals surface area contributed by atoms with Crippen LogP contribution in [0.1, 0.15) is 26.7 Å². The fraction of sp³-hybridized carbons (Fsp3) is 0.667. The summed E-state index contributed by atoms with van der Waals surface area (Å²) in [5.74, 6) is 0. The van der Waals surface area contributed by atoms with Crippen LogP contribution in [0.25, 0.3) is 0 Å². The highest BCUT2D eigenvalue weighted by Gasteiger charge is 2.35. The second-order valence-corrected chi connectivity index (χ2v) is 9.56. The Labute approximate surface area is 142 Å². The maximum Gasteiger partial charge on any atom is 0.335 e. The summed E-state index contributed by atoms with van der Waals surface area (Å²) in [6.45, 7) is 10.5. The molecule has 0 aliphatic carbocycles. The van der Waals surface area contributed by atoms with Gasteiger partial charge in [-0.05, 0) is 44.5 Å². The minimum absolute atomic E-state index is 0.0743. The molecule has 2 rings (SSSR count). The Balaban J connectivity index is 2.06. The van der Waals surface area contributed by atoms with E-state index in [2.05, 4.69) is 55.6 Å². The first-order chi connectivity index (χ1) is 11.2. The predicted octanol–water partition coefficient (Wildman–Crippen LogP) is 3.82. The second kappa shape index (κ2) is 9.42. The normalized spacial score (nSPS) is 25.6. The van der Waals surface area contributed by atoms with Gasteiger partial charge in [0.15, 0.2) is 0 Å². The van der Waals surface area contributed by atoms with Crippen molar-refractivity contribution in [2.45, 2.75) is 45.4 Å². The zero-order valence-electron chi connectivity index (χ0n) is 14.8. The van der Waals surface area contributed by atoms with Gasteiger partial charge < -0.3 is 18.5 Å². The van der Waals surface area contributed by atoms with E-state index in [-0.39, 0.29) is 6.10 Å². The Kier molecular flexibility index (Phi) is 7.56. The fourth-order valence-electron chi connectivity index (χ4n) is 3.14. The molecule has 0 N–H and O–H groups in total. The Morgan fingerprint density at radius 2 is 2.04 bits per heavy atom. The zero-order chi connectivity index (χ0) is 16.5. The third kappa shape index (κ3) is 5.92. The molecular weight excluding hydrogens is 306 g/mol. The minimum atomic E-state index is -2.08. The topological polar surface area (TPSA) is 30.9 Å². The largest absolute Gasteiger partial charge is 0.395 e. The van der Waals surface area contributed by atoms with Crippen LogP contribution in [0.5, 0.6) is 0 Å². The smallest absolute Gasteiger partial charge is 0.335 e. The van der Waals surface area contributed by atoms with Crippen molar-refractivity contribution in [2.24, 2.45) is 0 Å². The molecule has 0 spiro atoms. The molecule has 0 aromatic heterocycles. The summed E-state index contributed by atoms with van der Waals surface area (Å²) in [7, 11) is -2.08. The van der Waals surface area contributed by atoms with E-state index in [0.717, 1.165) is 45.2 Å². The first-order valence-electron chi connectivity index (χ1n) is 8.86. The number of benzene rings is 1. The second-order valence-electron chi connectivity index (χ2n) is 6.27. The molecule has 0 radical (unpaired) electrons. The van der Waals surface area contributed by atoms with E-state index >= 15 is 0 Å². The molecule has 130 valence electrons. The van der Waals surface area contributed by atoms with E-state index < -0.39 is 8.56 Å². The van der Waals surface area contributed by atoms with Gasteiger partial charge in [-0.1, -0.05) is 25.1 Å². The van der Waals surface area contributed by atoms with Crippen LogP contribution in [-0.4, -0.2) is 47.6 Å². The molecule has 1 saturated heterocycles. The Morgan fingerprint density at radius 1 is 1.26 bits per heavy atom. The molecule has 1 fully saturated rings. The number of hydrogen-bond donors (Lipinski definition) is 0. The summed E-state index contributed by atoms with van der Waals surface area (Å²) in [5, 5.41) is 0. The van der Waals surface area contributed by atoms with Crippen LogP contribution in [0.2, 0.25) is 12.6 Å². The van der Waals surface area contributed by atoms with Gasteiger partial charge in [0.1, 0.15) is 0 Å². The molecule has 0 amide bonds. The third-order valence-corrected chi connectivity index (χ3v) is 7.12. The summed E-state index contributed by atoms with van der Waals surface area (Å²) < 4.78 is 18.3. The van der Waals surface area contributed by atoms with Gasteiger partial charge in [-0.2, -0.15) is 0 Å². The molecule has 1 aliphatic heterocycles. The van der Waals surface area contributed by atoms with Crippen LogP contribution in [0.4, 0.5) is 5.69 Å². The van der Waals surface area contributed by atoms with Crippen molar-refractivity contribution in [1.82, 2.24) is 0 Å². The Bertz CT molecular complexity index is 445. The molecule has 2 unspecified atom stereocenters. The summed E-state index contributed by atoms with van der Waals surface area (Å²) in [6.07, 6.45) is 2.22. The number of para-hydroxylation sites is 1. The molecule has 2 atom stereocenters. The number of rotatable bonds is 7. The van der Waals surface area contributed by atoms with Gasteiger partial charge in [0, 0.05) is 32.0 Å². The van der Waals surface area contributed by atoms with Gasteiger partial charge >= 0.3 is 8.56 Å². The lowest BCUT2D eigenvalue weighted by Gasteiger charge is -2.36. The summed E-state index contributed by atoms with van der Waals surface area (Å²) in [6, 6.07) is 11.6. The van der Waals surface area contributed by atoms with Gasteiger partial charge in [-0.25, -0.2) is 0 Å².